The lowest BCUT2D eigenvalue weighted by atomic mass is 10.0. The molecule has 1 saturated heterocycles. The minimum Gasteiger partial charge on any atom is -0.381 e. The molecule has 3 rings (SSSR count). The molecule has 2 atom stereocenters. The summed E-state index contributed by atoms with van der Waals surface area (Å²) in [5.74, 6) is 1.48. The lowest BCUT2D eigenvalue weighted by Gasteiger charge is -2.23. The van der Waals surface area contributed by atoms with Gasteiger partial charge in [-0.15, -0.1) is 11.6 Å². The van der Waals surface area contributed by atoms with E-state index in [0.29, 0.717) is 5.92 Å². The summed E-state index contributed by atoms with van der Waals surface area (Å²) in [6.07, 6.45) is 5.96. The molecule has 2 aromatic rings. The number of halogens is 1. The van der Waals surface area contributed by atoms with Crippen LogP contribution in [0.3, 0.4) is 0 Å². The van der Waals surface area contributed by atoms with Crippen LogP contribution in [0.5, 0.6) is 0 Å². The van der Waals surface area contributed by atoms with Crippen molar-refractivity contribution >= 4 is 22.6 Å². The van der Waals surface area contributed by atoms with Gasteiger partial charge in [-0.1, -0.05) is 0 Å². The predicted octanol–water partition coefficient (Wildman–Crippen LogP) is 3.16. The second kappa shape index (κ2) is 5.47. The van der Waals surface area contributed by atoms with Crippen LogP contribution in [0.1, 0.15) is 31.0 Å². The van der Waals surface area contributed by atoms with Crippen LogP contribution >= 0.6 is 11.6 Å². The van der Waals surface area contributed by atoms with Gasteiger partial charge in [0, 0.05) is 25.3 Å². The molecule has 0 aliphatic carbocycles. The summed E-state index contributed by atoms with van der Waals surface area (Å²) in [5, 5.41) is -0.100. The topological polar surface area (TPSA) is 39.9 Å². The Kier molecular flexibility index (Phi) is 3.71. The van der Waals surface area contributed by atoms with Crippen LogP contribution in [-0.2, 0) is 11.3 Å². The van der Waals surface area contributed by atoms with Gasteiger partial charge < -0.3 is 9.30 Å². The molecule has 19 heavy (non-hydrogen) atoms. The lowest BCUT2D eigenvalue weighted by molar-refractivity contribution is 0.0485. The van der Waals surface area contributed by atoms with Gasteiger partial charge >= 0.3 is 0 Å². The minimum atomic E-state index is -0.100. The molecular formula is C14H18ClN3O. The quantitative estimate of drug-likeness (QED) is 0.810. The molecule has 2 aromatic heterocycles. The van der Waals surface area contributed by atoms with Gasteiger partial charge in [0.2, 0.25) is 0 Å². The van der Waals surface area contributed by atoms with Crippen molar-refractivity contribution in [2.24, 2.45) is 5.92 Å². The molecule has 0 saturated carbocycles. The third-order valence-corrected chi connectivity index (χ3v) is 3.83. The summed E-state index contributed by atoms with van der Waals surface area (Å²) < 4.78 is 7.79. The summed E-state index contributed by atoms with van der Waals surface area (Å²) in [6.45, 7) is 4.61. The summed E-state index contributed by atoms with van der Waals surface area (Å²) >= 11 is 6.26. The minimum absolute atomic E-state index is 0.100. The molecule has 0 aromatic carbocycles. The highest BCUT2D eigenvalue weighted by Gasteiger charge is 2.20. The number of ether oxygens (including phenoxy) is 1. The average molecular weight is 280 g/mol. The maximum atomic E-state index is 6.26. The number of pyridine rings is 1. The van der Waals surface area contributed by atoms with Gasteiger partial charge in [-0.3, -0.25) is 4.98 Å². The Bertz CT molecular complexity index is 561. The normalized spacial score (nSPS) is 21.7. The average Bonchev–Trinajstić information content (AvgIpc) is 2.79. The molecule has 1 aliphatic heterocycles. The van der Waals surface area contributed by atoms with Gasteiger partial charge in [-0.2, -0.15) is 0 Å². The zero-order valence-electron chi connectivity index (χ0n) is 11.1. The molecule has 2 unspecified atom stereocenters. The molecule has 1 aliphatic rings. The van der Waals surface area contributed by atoms with Gasteiger partial charge in [0.1, 0.15) is 11.3 Å². The van der Waals surface area contributed by atoms with E-state index in [1.165, 1.54) is 6.42 Å². The van der Waals surface area contributed by atoms with Gasteiger partial charge in [0.15, 0.2) is 0 Å². The van der Waals surface area contributed by atoms with E-state index in [1.54, 1.807) is 12.4 Å². The van der Waals surface area contributed by atoms with Crippen molar-refractivity contribution in [3.05, 3.63) is 24.3 Å². The fourth-order valence-electron chi connectivity index (χ4n) is 2.71. The van der Waals surface area contributed by atoms with Crippen molar-refractivity contribution < 1.29 is 4.74 Å². The third-order valence-electron chi connectivity index (χ3n) is 3.63. The maximum absolute atomic E-state index is 6.26. The van der Waals surface area contributed by atoms with E-state index in [4.69, 9.17) is 16.3 Å². The number of hydrogen-bond acceptors (Lipinski definition) is 3. The number of alkyl halides is 1. The molecule has 0 N–H and O–H groups in total. The zero-order chi connectivity index (χ0) is 13.2. The second-order valence-electron chi connectivity index (χ2n) is 5.14. The Labute approximate surface area is 117 Å². The molecular weight excluding hydrogens is 262 g/mol. The molecule has 0 radical (unpaired) electrons. The fourth-order valence-corrected chi connectivity index (χ4v) is 2.87. The van der Waals surface area contributed by atoms with Crippen molar-refractivity contribution in [3.63, 3.8) is 0 Å². The Morgan fingerprint density at radius 3 is 3.21 bits per heavy atom. The zero-order valence-corrected chi connectivity index (χ0v) is 11.8. The number of aromatic nitrogens is 3. The monoisotopic (exact) mass is 279 g/mol. The summed E-state index contributed by atoms with van der Waals surface area (Å²) in [7, 11) is 0. The third kappa shape index (κ3) is 2.60. The standard InChI is InChI=1S/C14H18ClN3O/c1-10(15)14-17-12-7-16-5-4-13(12)18(14)8-11-3-2-6-19-9-11/h4-5,7,10-11H,2-3,6,8-9H2,1H3. The Balaban J connectivity index is 1.97. The second-order valence-corrected chi connectivity index (χ2v) is 5.80. The van der Waals surface area contributed by atoms with Crippen molar-refractivity contribution in [2.45, 2.75) is 31.7 Å². The van der Waals surface area contributed by atoms with Crippen LogP contribution in [0, 0.1) is 5.92 Å². The summed E-state index contributed by atoms with van der Waals surface area (Å²) in [4.78, 5) is 8.74. The van der Waals surface area contributed by atoms with E-state index in [-0.39, 0.29) is 5.38 Å². The van der Waals surface area contributed by atoms with Gasteiger partial charge in [-0.05, 0) is 25.8 Å². The number of rotatable bonds is 3. The van der Waals surface area contributed by atoms with Crippen molar-refractivity contribution in [2.75, 3.05) is 13.2 Å². The number of nitrogens with zero attached hydrogens (tertiary/aromatic N) is 3. The van der Waals surface area contributed by atoms with Crippen LogP contribution in [0.15, 0.2) is 18.5 Å². The van der Waals surface area contributed by atoms with Crippen LogP contribution in [0.2, 0.25) is 0 Å². The highest BCUT2D eigenvalue weighted by molar-refractivity contribution is 6.20. The molecule has 1 fully saturated rings. The largest absolute Gasteiger partial charge is 0.381 e. The van der Waals surface area contributed by atoms with Crippen LogP contribution < -0.4 is 0 Å². The molecule has 0 amide bonds. The molecule has 3 heterocycles. The molecule has 102 valence electrons. The van der Waals surface area contributed by atoms with E-state index in [9.17, 15) is 0 Å². The Morgan fingerprint density at radius 2 is 2.47 bits per heavy atom. The number of fused-ring (bicyclic) bond motifs is 1. The van der Waals surface area contributed by atoms with Gasteiger partial charge in [0.05, 0.1) is 23.7 Å². The first-order valence-corrected chi connectivity index (χ1v) is 7.21. The van der Waals surface area contributed by atoms with E-state index in [1.807, 2.05) is 13.0 Å². The molecule has 0 spiro atoms. The SMILES string of the molecule is CC(Cl)c1nc2cnccc2n1CC1CCCOC1. The molecule has 5 heteroatoms. The fraction of sp³-hybridized carbons (Fsp3) is 0.571. The van der Waals surface area contributed by atoms with E-state index in [2.05, 4.69) is 14.5 Å². The highest BCUT2D eigenvalue weighted by Crippen LogP contribution is 2.26. The Hall–Kier alpha value is -1.13. The Morgan fingerprint density at radius 1 is 1.58 bits per heavy atom. The smallest absolute Gasteiger partial charge is 0.127 e. The first kappa shape index (κ1) is 12.9. The number of imidazole rings is 1. The van der Waals surface area contributed by atoms with Crippen LogP contribution in [-0.4, -0.2) is 27.7 Å². The van der Waals surface area contributed by atoms with Crippen LogP contribution in [0.25, 0.3) is 11.0 Å². The van der Waals surface area contributed by atoms with E-state index < -0.39 is 0 Å². The number of hydrogen-bond donors (Lipinski definition) is 0. The van der Waals surface area contributed by atoms with Crippen molar-refractivity contribution in [3.8, 4) is 0 Å². The molecule has 4 nitrogen and oxygen atoms in total. The summed E-state index contributed by atoms with van der Waals surface area (Å²) in [5.41, 5.74) is 2.03. The first-order valence-electron chi connectivity index (χ1n) is 6.77. The summed E-state index contributed by atoms with van der Waals surface area (Å²) in [6, 6.07) is 2.01. The maximum Gasteiger partial charge on any atom is 0.127 e. The van der Waals surface area contributed by atoms with Crippen molar-refractivity contribution in [1.29, 1.82) is 0 Å². The highest BCUT2D eigenvalue weighted by atomic mass is 35.5. The van der Waals surface area contributed by atoms with E-state index in [0.717, 1.165) is 43.0 Å². The lowest BCUT2D eigenvalue weighted by Crippen LogP contribution is -2.23. The van der Waals surface area contributed by atoms with Gasteiger partial charge in [0.25, 0.3) is 0 Å². The van der Waals surface area contributed by atoms with Crippen molar-refractivity contribution in [1.82, 2.24) is 14.5 Å². The van der Waals surface area contributed by atoms with E-state index >= 15 is 0 Å². The van der Waals surface area contributed by atoms with Gasteiger partial charge in [-0.25, -0.2) is 4.98 Å². The molecule has 0 bridgehead atoms. The van der Waals surface area contributed by atoms with Crippen LogP contribution in [0.4, 0.5) is 0 Å². The first-order chi connectivity index (χ1) is 9.25. The predicted molar refractivity (Wildman–Crippen MR) is 75.3 cm³/mol.